The summed E-state index contributed by atoms with van der Waals surface area (Å²) in [6, 6.07) is 7.28. The highest BCUT2D eigenvalue weighted by Gasteiger charge is 2.32. The molecule has 4 rings (SSSR count). The van der Waals surface area contributed by atoms with E-state index in [9.17, 15) is 19.8 Å². The van der Waals surface area contributed by atoms with E-state index in [1.165, 1.54) is 37.3 Å². The molecule has 0 aliphatic carbocycles. The molecule has 0 fully saturated rings. The zero-order valence-corrected chi connectivity index (χ0v) is 29.5. The van der Waals surface area contributed by atoms with Crippen LogP contribution in [0.2, 0.25) is 10.0 Å². The third-order valence-corrected chi connectivity index (χ3v) is 7.52. The summed E-state index contributed by atoms with van der Waals surface area (Å²) in [7, 11) is 0. The Hall–Kier alpha value is -5.64. The number of aromatic hydroxyl groups is 1. The summed E-state index contributed by atoms with van der Waals surface area (Å²) in [5.41, 5.74) is -3.21. The zero-order chi connectivity index (χ0) is 45.2. The molecule has 0 bridgehead atoms. The van der Waals surface area contributed by atoms with Crippen LogP contribution in [-0.4, -0.2) is 50.3 Å². The SMILES string of the molecule is [2H]c1c([2H])c(C#N)c([2H])c([2H])c1O.[2H]c1c([2H])c(OC[C@](C)(O)C(=O)Nc2ccc([N+]#[C-])c(Cl)c2)c([2H])c([2H])c1C#N.[C-]#[N+]c1ccc(NC(=O)[C@@](C)(O)CBr)cc1Cl. The number of phenolic OH excluding ortho intramolecular Hbond substituents is 1. The fraction of sp³-hybridized carbons (Fsp3) is 0.167. The van der Waals surface area contributed by atoms with Gasteiger partial charge in [-0.05, 0) is 86.5 Å². The van der Waals surface area contributed by atoms with Gasteiger partial charge in [0.2, 0.25) is 11.4 Å². The van der Waals surface area contributed by atoms with Crippen LogP contribution in [0.25, 0.3) is 9.69 Å². The molecule has 0 aliphatic rings. The van der Waals surface area contributed by atoms with E-state index in [1.54, 1.807) is 18.2 Å². The summed E-state index contributed by atoms with van der Waals surface area (Å²) >= 11 is 14.8. The van der Waals surface area contributed by atoms with E-state index in [-0.39, 0.29) is 32.3 Å². The highest BCUT2D eigenvalue weighted by Crippen LogP contribution is 2.29. The Morgan fingerprint density at radius 2 is 1.25 bits per heavy atom. The number of halogens is 3. The number of hydrogen-bond acceptors (Lipinski definition) is 8. The van der Waals surface area contributed by atoms with Crippen molar-refractivity contribution >= 4 is 73.7 Å². The normalized spacial score (nSPS) is 14.3. The smallest absolute Gasteiger partial charge is 0.259 e. The second-order valence-electron chi connectivity index (χ2n) is 10.1. The molecular weight excluding hydrogens is 763 g/mol. The van der Waals surface area contributed by atoms with Crippen LogP contribution in [0.15, 0.2) is 84.7 Å². The van der Waals surface area contributed by atoms with Crippen molar-refractivity contribution in [3.63, 3.8) is 0 Å². The number of rotatable bonds is 8. The van der Waals surface area contributed by atoms with Crippen LogP contribution in [-0.2, 0) is 9.59 Å². The summed E-state index contributed by atoms with van der Waals surface area (Å²) in [5.74, 6) is -2.64. The van der Waals surface area contributed by atoms with E-state index in [2.05, 4.69) is 36.3 Å². The lowest BCUT2D eigenvalue weighted by Crippen LogP contribution is -2.45. The number of phenols is 1. The van der Waals surface area contributed by atoms with Crippen LogP contribution in [0.5, 0.6) is 11.5 Å². The van der Waals surface area contributed by atoms with E-state index in [4.69, 9.17) is 67.7 Å². The van der Waals surface area contributed by atoms with E-state index in [0.717, 1.165) is 6.92 Å². The fourth-order valence-corrected chi connectivity index (χ4v) is 3.71. The summed E-state index contributed by atoms with van der Waals surface area (Å²) in [6.07, 6.45) is 0. The van der Waals surface area contributed by atoms with Gasteiger partial charge in [-0.15, -0.1) is 0 Å². The number of nitrogens with zero attached hydrogens (tertiary/aromatic N) is 4. The van der Waals surface area contributed by atoms with E-state index in [1.807, 2.05) is 0 Å². The predicted octanol–water partition coefficient (Wildman–Crippen LogP) is 7.77. The van der Waals surface area contributed by atoms with E-state index >= 15 is 0 Å². The van der Waals surface area contributed by atoms with Crippen molar-refractivity contribution in [3.05, 3.63) is 129 Å². The number of hydrogen-bond donors (Lipinski definition) is 5. The Morgan fingerprint density at radius 1 is 0.843 bits per heavy atom. The first-order valence-electron chi connectivity index (χ1n) is 17.7. The molecule has 0 spiro atoms. The number of nitrogens with one attached hydrogen (secondary N) is 2. The van der Waals surface area contributed by atoms with Crippen LogP contribution < -0.4 is 15.4 Å². The van der Waals surface area contributed by atoms with Crippen LogP contribution in [0.3, 0.4) is 0 Å². The standard InChI is InChI=1S/C18H14ClN3O3.C11H10BrClN2O2.C7H5NO/c1-18(24,11-25-14-6-3-12(10-20)4-7-14)17(23)22-13-5-8-16(21-2)15(19)9-13;1-11(17,6-12)10(16)15-7-3-4-9(14-2)8(13)5-7;8-5-6-1-3-7(9)4-2-6/h3-9,24H,11H2,1H3,(H,22,23);3-5,17H,6H2,1H3,(H,15,16);1-4,9H/t18-;11-;/m00./s1/i3D,4D,6D,7D;;1D,2D,3D,4D. The number of carbonyl (C=O) groups is 2. The predicted molar refractivity (Wildman–Crippen MR) is 197 cm³/mol. The number of anilines is 2. The average Bonchev–Trinajstić information content (AvgIpc) is 3.19. The minimum absolute atomic E-state index is 0.120. The number of alkyl halides is 1. The van der Waals surface area contributed by atoms with Crippen LogP contribution in [0.4, 0.5) is 22.7 Å². The Kier molecular flexibility index (Phi) is 11.6. The molecule has 260 valence electrons. The largest absolute Gasteiger partial charge is 0.508 e. The van der Waals surface area contributed by atoms with Gasteiger partial charge in [-0.2, -0.15) is 10.5 Å². The summed E-state index contributed by atoms with van der Waals surface area (Å²) in [6.45, 7) is 15.6. The monoisotopic (exact) mass is 798 g/mol. The van der Waals surface area contributed by atoms with Gasteiger partial charge in [-0.25, -0.2) is 9.69 Å². The highest BCUT2D eigenvalue weighted by molar-refractivity contribution is 9.09. The molecule has 12 nitrogen and oxygen atoms in total. The molecule has 0 radical (unpaired) electrons. The second-order valence-corrected chi connectivity index (χ2v) is 11.5. The lowest BCUT2D eigenvalue weighted by Gasteiger charge is -2.22. The molecule has 0 aliphatic heterocycles. The van der Waals surface area contributed by atoms with Crippen molar-refractivity contribution in [1.29, 1.82) is 10.5 Å². The van der Waals surface area contributed by atoms with Gasteiger partial charge in [0, 0.05) is 26.8 Å². The Labute approximate surface area is 324 Å². The van der Waals surface area contributed by atoms with Gasteiger partial charge in [0.15, 0.2) is 5.60 Å². The van der Waals surface area contributed by atoms with Gasteiger partial charge in [-0.3, -0.25) is 9.59 Å². The van der Waals surface area contributed by atoms with Gasteiger partial charge in [0.05, 0.1) is 47.4 Å². The lowest BCUT2D eigenvalue weighted by molar-refractivity contribution is -0.135. The molecule has 0 heterocycles. The van der Waals surface area contributed by atoms with Crippen molar-refractivity contribution in [2.24, 2.45) is 0 Å². The first-order chi connectivity index (χ1) is 27.4. The van der Waals surface area contributed by atoms with Gasteiger partial charge in [0.1, 0.15) is 23.7 Å². The molecule has 15 heteroatoms. The number of ether oxygens (including phenoxy) is 1. The van der Waals surface area contributed by atoms with Gasteiger partial charge in [0.25, 0.3) is 11.8 Å². The second kappa shape index (κ2) is 19.5. The van der Waals surface area contributed by atoms with Gasteiger partial charge in [-0.1, -0.05) is 51.3 Å². The molecule has 4 aromatic rings. The number of amides is 2. The summed E-state index contributed by atoms with van der Waals surface area (Å²) in [4.78, 5) is 30.4. The number of carbonyl (C=O) groups excluding carboxylic acids is 2. The van der Waals surface area contributed by atoms with Crippen LogP contribution in [0, 0.1) is 35.8 Å². The molecule has 0 aromatic heterocycles. The van der Waals surface area contributed by atoms with Crippen molar-refractivity contribution in [2.75, 3.05) is 22.6 Å². The first kappa shape index (κ1) is 30.2. The molecule has 4 aromatic carbocycles. The molecule has 51 heavy (non-hydrogen) atoms. The van der Waals surface area contributed by atoms with Crippen LogP contribution >= 0.6 is 39.1 Å². The van der Waals surface area contributed by atoms with Gasteiger partial charge < -0.3 is 30.7 Å². The lowest BCUT2D eigenvalue weighted by atomic mass is 10.1. The maximum absolute atomic E-state index is 12.4. The minimum Gasteiger partial charge on any atom is -0.508 e. The molecule has 5 N–H and O–H groups in total. The maximum Gasteiger partial charge on any atom is 0.259 e. The quantitative estimate of drug-likeness (QED) is 0.0884. The fourth-order valence-electron chi connectivity index (χ4n) is 3.01. The Bertz CT molecular complexity index is 2430. The number of aliphatic hydroxyl groups is 2. The summed E-state index contributed by atoms with van der Waals surface area (Å²) in [5, 5.41) is 52.0. The minimum atomic E-state index is -2.11. The highest BCUT2D eigenvalue weighted by atomic mass is 79.9. The average molecular weight is 801 g/mol. The topological polar surface area (TPSA) is 184 Å². The molecular formula is C36H29BrCl2N6O6. The van der Waals surface area contributed by atoms with Crippen molar-refractivity contribution in [3.8, 4) is 23.6 Å². The van der Waals surface area contributed by atoms with Crippen molar-refractivity contribution in [2.45, 2.75) is 25.0 Å². The maximum atomic E-state index is 12.4. The molecule has 2 amide bonds. The van der Waals surface area contributed by atoms with Crippen molar-refractivity contribution < 1.29 is 40.6 Å². The number of nitriles is 2. The molecule has 0 saturated carbocycles. The first-order valence-corrected chi connectivity index (χ1v) is 15.6. The van der Waals surface area contributed by atoms with Crippen LogP contribution in [0.1, 0.15) is 35.9 Å². The van der Waals surface area contributed by atoms with E-state index in [0.29, 0.717) is 11.4 Å². The Morgan fingerprint density at radius 3 is 1.63 bits per heavy atom. The number of benzene rings is 4. The molecule has 0 saturated heterocycles. The molecule has 0 unspecified atom stereocenters. The third kappa shape index (κ3) is 13.3. The zero-order valence-electron chi connectivity index (χ0n) is 34.4. The van der Waals surface area contributed by atoms with Crippen molar-refractivity contribution in [1.82, 2.24) is 0 Å². The summed E-state index contributed by atoms with van der Waals surface area (Å²) < 4.78 is 65.0. The van der Waals surface area contributed by atoms with E-state index < -0.39 is 95.0 Å². The van der Waals surface area contributed by atoms with Gasteiger partial charge >= 0.3 is 0 Å². The molecule has 2 atom stereocenters. The third-order valence-electron chi connectivity index (χ3n) is 5.83. The Balaban J connectivity index is 0.000000337.